The predicted octanol–water partition coefficient (Wildman–Crippen LogP) is 1.64. The minimum atomic E-state index is -0.902. The number of hydrogen-bond donors (Lipinski definition) is 2. The second-order valence-corrected chi connectivity index (χ2v) is 6.22. The molecule has 1 fully saturated rings. The lowest BCUT2D eigenvalue weighted by Gasteiger charge is -2.34. The smallest absolute Gasteiger partial charge is 0.407 e. The molecule has 4 heterocycles. The minimum absolute atomic E-state index is 0.429. The number of piperazine rings is 1. The molecule has 0 bridgehead atoms. The molecule has 0 atom stereocenters. The van der Waals surface area contributed by atoms with Gasteiger partial charge in [-0.15, -0.1) is 0 Å². The Balaban J connectivity index is 1.78. The summed E-state index contributed by atoms with van der Waals surface area (Å²) in [5, 5.41) is 19.6. The standard InChI is InChI=1S/C17H17N7O2/c1-22-9-12(20-10-22)15-11(8-18)14-13(2-3-19-16(14)21-15)23-4-6-24(7-5-23)17(25)26/h2-3,9-10H,4-7H2,1H3,(H,19,21)(H,25,26). The van der Waals surface area contributed by atoms with E-state index in [-0.39, 0.29) is 0 Å². The molecular weight excluding hydrogens is 334 g/mol. The van der Waals surface area contributed by atoms with E-state index in [4.69, 9.17) is 5.11 Å². The molecule has 1 aliphatic rings. The van der Waals surface area contributed by atoms with Crippen LogP contribution >= 0.6 is 0 Å². The summed E-state index contributed by atoms with van der Waals surface area (Å²) in [4.78, 5) is 26.5. The van der Waals surface area contributed by atoms with Gasteiger partial charge >= 0.3 is 6.09 Å². The first-order valence-electron chi connectivity index (χ1n) is 8.20. The maximum absolute atomic E-state index is 11.1. The molecule has 1 amide bonds. The number of pyridine rings is 1. The normalized spacial score (nSPS) is 14.6. The van der Waals surface area contributed by atoms with Gasteiger partial charge in [0, 0.05) is 45.6 Å². The molecule has 9 nitrogen and oxygen atoms in total. The minimum Gasteiger partial charge on any atom is -0.465 e. The van der Waals surface area contributed by atoms with Crippen LogP contribution in [0.5, 0.6) is 0 Å². The summed E-state index contributed by atoms with van der Waals surface area (Å²) in [5.41, 5.74) is 3.34. The number of nitrogens with one attached hydrogen (secondary N) is 1. The molecular formula is C17H17N7O2. The topological polar surface area (TPSA) is 114 Å². The zero-order valence-electron chi connectivity index (χ0n) is 14.2. The van der Waals surface area contributed by atoms with Gasteiger partial charge in [-0.25, -0.2) is 14.8 Å². The van der Waals surface area contributed by atoms with E-state index < -0.39 is 6.09 Å². The van der Waals surface area contributed by atoms with Crippen LogP contribution < -0.4 is 4.90 Å². The Labute approximate surface area is 149 Å². The Morgan fingerprint density at radius 1 is 1.31 bits per heavy atom. The fraction of sp³-hybridized carbons (Fsp3) is 0.294. The summed E-state index contributed by atoms with van der Waals surface area (Å²) >= 11 is 0. The number of fused-ring (bicyclic) bond motifs is 1. The number of aromatic nitrogens is 4. The number of hydrogen-bond acceptors (Lipinski definition) is 5. The van der Waals surface area contributed by atoms with Gasteiger partial charge in [0.1, 0.15) is 17.4 Å². The summed E-state index contributed by atoms with van der Waals surface area (Å²) in [6.07, 6.45) is 4.32. The van der Waals surface area contributed by atoms with Crippen LogP contribution in [0.2, 0.25) is 0 Å². The monoisotopic (exact) mass is 351 g/mol. The second-order valence-electron chi connectivity index (χ2n) is 6.22. The highest BCUT2D eigenvalue weighted by Crippen LogP contribution is 2.34. The van der Waals surface area contributed by atoms with Gasteiger partial charge in [0.2, 0.25) is 0 Å². The second kappa shape index (κ2) is 6.07. The van der Waals surface area contributed by atoms with E-state index in [0.29, 0.717) is 48.8 Å². The van der Waals surface area contributed by atoms with Gasteiger partial charge in [-0.3, -0.25) is 0 Å². The van der Waals surface area contributed by atoms with Crippen molar-refractivity contribution in [3.8, 4) is 17.5 Å². The van der Waals surface area contributed by atoms with Crippen molar-refractivity contribution in [2.75, 3.05) is 31.1 Å². The highest BCUT2D eigenvalue weighted by molar-refractivity contribution is 5.99. The molecule has 0 aliphatic carbocycles. The Kier molecular flexibility index (Phi) is 3.73. The van der Waals surface area contributed by atoms with Gasteiger partial charge in [-0.1, -0.05) is 0 Å². The Morgan fingerprint density at radius 2 is 2.08 bits per heavy atom. The third kappa shape index (κ3) is 2.52. The van der Waals surface area contributed by atoms with Gasteiger partial charge in [0.15, 0.2) is 0 Å². The van der Waals surface area contributed by atoms with Crippen LogP contribution in [0.1, 0.15) is 5.56 Å². The lowest BCUT2D eigenvalue weighted by Crippen LogP contribution is -2.48. The zero-order valence-corrected chi connectivity index (χ0v) is 14.2. The molecule has 3 aromatic rings. The number of carboxylic acid groups (broad SMARTS) is 1. The molecule has 0 radical (unpaired) electrons. The Hall–Kier alpha value is -3.54. The number of nitrogens with zero attached hydrogens (tertiary/aromatic N) is 6. The fourth-order valence-electron chi connectivity index (χ4n) is 3.35. The Bertz CT molecular complexity index is 1020. The highest BCUT2D eigenvalue weighted by Gasteiger charge is 2.25. The number of carbonyl (C=O) groups is 1. The molecule has 0 saturated carbocycles. The molecule has 132 valence electrons. The van der Waals surface area contributed by atoms with Crippen LogP contribution in [0, 0.1) is 11.3 Å². The predicted molar refractivity (Wildman–Crippen MR) is 94.8 cm³/mol. The summed E-state index contributed by atoms with van der Waals surface area (Å²) in [7, 11) is 1.87. The van der Waals surface area contributed by atoms with Crippen LogP contribution in [0.4, 0.5) is 10.5 Å². The average Bonchev–Trinajstić information content (AvgIpc) is 3.24. The molecule has 4 rings (SSSR count). The number of amides is 1. The van der Waals surface area contributed by atoms with E-state index in [1.807, 2.05) is 23.9 Å². The maximum atomic E-state index is 11.1. The number of aryl methyl sites for hydroxylation is 1. The molecule has 0 spiro atoms. The molecule has 9 heteroatoms. The number of aromatic amines is 1. The van der Waals surface area contributed by atoms with Crippen LogP contribution in [0.15, 0.2) is 24.8 Å². The van der Waals surface area contributed by atoms with Crippen molar-refractivity contribution >= 4 is 22.8 Å². The SMILES string of the molecule is Cn1cnc(-c2[nH]c3nccc(N4CCN(C(=O)O)CC4)c3c2C#N)c1. The summed E-state index contributed by atoms with van der Waals surface area (Å²) in [5.74, 6) is 0. The van der Waals surface area contributed by atoms with Crippen molar-refractivity contribution in [3.05, 3.63) is 30.4 Å². The highest BCUT2D eigenvalue weighted by atomic mass is 16.4. The number of rotatable bonds is 2. The van der Waals surface area contributed by atoms with Gasteiger partial charge in [-0.05, 0) is 6.07 Å². The van der Waals surface area contributed by atoms with Crippen LogP contribution in [-0.4, -0.2) is 61.8 Å². The Morgan fingerprint density at radius 3 is 2.69 bits per heavy atom. The van der Waals surface area contributed by atoms with E-state index in [9.17, 15) is 10.1 Å². The van der Waals surface area contributed by atoms with Crippen molar-refractivity contribution in [3.63, 3.8) is 0 Å². The van der Waals surface area contributed by atoms with Gasteiger partial charge in [-0.2, -0.15) is 5.26 Å². The van der Waals surface area contributed by atoms with Crippen LogP contribution in [0.3, 0.4) is 0 Å². The summed E-state index contributed by atoms with van der Waals surface area (Å²) < 4.78 is 1.82. The van der Waals surface area contributed by atoms with Crippen molar-refractivity contribution in [1.82, 2.24) is 24.4 Å². The zero-order chi connectivity index (χ0) is 18.3. The van der Waals surface area contributed by atoms with Crippen molar-refractivity contribution < 1.29 is 9.90 Å². The number of anilines is 1. The van der Waals surface area contributed by atoms with Crippen molar-refractivity contribution in [2.24, 2.45) is 7.05 Å². The fourth-order valence-corrected chi connectivity index (χ4v) is 3.35. The first kappa shape index (κ1) is 16.0. The van der Waals surface area contributed by atoms with Gasteiger partial charge in [0.05, 0.1) is 28.7 Å². The maximum Gasteiger partial charge on any atom is 0.407 e. The van der Waals surface area contributed by atoms with Crippen molar-refractivity contribution in [1.29, 1.82) is 5.26 Å². The summed E-state index contributed by atoms with van der Waals surface area (Å²) in [6.45, 7) is 2.00. The average molecular weight is 351 g/mol. The third-order valence-electron chi connectivity index (χ3n) is 4.64. The van der Waals surface area contributed by atoms with E-state index in [2.05, 4.69) is 25.9 Å². The quantitative estimate of drug-likeness (QED) is 0.725. The van der Waals surface area contributed by atoms with Crippen LogP contribution in [-0.2, 0) is 7.05 Å². The molecule has 0 unspecified atom stereocenters. The lowest BCUT2D eigenvalue weighted by molar-refractivity contribution is 0.142. The first-order chi connectivity index (χ1) is 12.6. The number of H-pyrrole nitrogens is 1. The van der Waals surface area contributed by atoms with Gasteiger partial charge < -0.3 is 24.5 Å². The molecule has 1 saturated heterocycles. The molecule has 0 aromatic carbocycles. The summed E-state index contributed by atoms with van der Waals surface area (Å²) in [6, 6.07) is 4.15. The number of imidazole rings is 1. The van der Waals surface area contributed by atoms with E-state index in [0.717, 1.165) is 11.1 Å². The van der Waals surface area contributed by atoms with Crippen LogP contribution in [0.25, 0.3) is 22.4 Å². The van der Waals surface area contributed by atoms with E-state index >= 15 is 0 Å². The van der Waals surface area contributed by atoms with E-state index in [1.165, 1.54) is 4.90 Å². The van der Waals surface area contributed by atoms with E-state index in [1.54, 1.807) is 12.5 Å². The molecule has 2 N–H and O–H groups in total. The first-order valence-corrected chi connectivity index (χ1v) is 8.20. The number of nitriles is 1. The molecule has 3 aromatic heterocycles. The lowest BCUT2D eigenvalue weighted by atomic mass is 10.1. The van der Waals surface area contributed by atoms with Crippen molar-refractivity contribution in [2.45, 2.75) is 0 Å². The molecule has 26 heavy (non-hydrogen) atoms. The largest absolute Gasteiger partial charge is 0.465 e. The van der Waals surface area contributed by atoms with Gasteiger partial charge in [0.25, 0.3) is 0 Å². The third-order valence-corrected chi connectivity index (χ3v) is 4.64. The molecule has 1 aliphatic heterocycles.